The van der Waals surface area contributed by atoms with Gasteiger partial charge in [0.15, 0.2) is 0 Å². The van der Waals surface area contributed by atoms with Crippen molar-refractivity contribution < 1.29 is 9.53 Å². The lowest BCUT2D eigenvalue weighted by Crippen LogP contribution is -2.01. The Balaban J connectivity index is 2.05. The molecule has 2 rings (SSSR count). The Kier molecular flexibility index (Phi) is 3.84. The first kappa shape index (κ1) is 12.4. The van der Waals surface area contributed by atoms with Crippen LogP contribution in [0, 0.1) is 0 Å². The zero-order chi connectivity index (χ0) is 13.0. The molecule has 0 radical (unpaired) electrons. The van der Waals surface area contributed by atoms with Crippen molar-refractivity contribution in [3.8, 4) is 0 Å². The number of carbonyl (C=O) groups is 1. The van der Waals surface area contributed by atoms with Gasteiger partial charge in [-0.1, -0.05) is 30.3 Å². The normalized spacial score (nSPS) is 10.1. The van der Waals surface area contributed by atoms with E-state index < -0.39 is 5.97 Å². The molecule has 2 aromatic rings. The summed E-state index contributed by atoms with van der Waals surface area (Å²) in [5.41, 5.74) is 7.37. The second-order valence-electron chi connectivity index (χ2n) is 3.73. The van der Waals surface area contributed by atoms with Gasteiger partial charge in [0.05, 0.1) is 17.8 Å². The smallest absolute Gasteiger partial charge is 0.350 e. The fourth-order valence-electron chi connectivity index (χ4n) is 1.53. The summed E-state index contributed by atoms with van der Waals surface area (Å²) in [6, 6.07) is 11.8. The van der Waals surface area contributed by atoms with Crippen molar-refractivity contribution in [2.45, 2.75) is 6.54 Å². The Bertz CT molecular complexity index is 537. The lowest BCUT2D eigenvalue weighted by atomic mass is 10.2. The largest absolute Gasteiger partial charge is 0.465 e. The zero-order valence-corrected chi connectivity index (χ0v) is 10.8. The molecule has 4 nitrogen and oxygen atoms in total. The second kappa shape index (κ2) is 5.55. The van der Waals surface area contributed by atoms with Crippen LogP contribution in [0.3, 0.4) is 0 Å². The third-order valence-corrected chi connectivity index (χ3v) is 3.53. The number of nitrogen functional groups attached to an aromatic ring is 1. The molecule has 0 atom stereocenters. The monoisotopic (exact) mass is 262 g/mol. The number of carbonyl (C=O) groups excluding carboxylic acids is 1. The van der Waals surface area contributed by atoms with Crippen molar-refractivity contribution in [3.05, 3.63) is 46.8 Å². The molecule has 1 aromatic heterocycles. The van der Waals surface area contributed by atoms with Gasteiger partial charge in [-0.05, 0) is 11.6 Å². The van der Waals surface area contributed by atoms with E-state index in [9.17, 15) is 4.79 Å². The quantitative estimate of drug-likeness (QED) is 0.832. The predicted molar refractivity (Wildman–Crippen MR) is 73.8 cm³/mol. The molecule has 1 heterocycles. The number of esters is 1. The summed E-state index contributed by atoms with van der Waals surface area (Å²) >= 11 is 1.30. The van der Waals surface area contributed by atoms with Crippen LogP contribution in [0.2, 0.25) is 0 Å². The summed E-state index contributed by atoms with van der Waals surface area (Å²) in [5.74, 6) is -0.398. The number of nitrogens with one attached hydrogen (secondary N) is 1. The van der Waals surface area contributed by atoms with Gasteiger partial charge in [0.2, 0.25) is 0 Å². The van der Waals surface area contributed by atoms with E-state index in [-0.39, 0.29) is 0 Å². The van der Waals surface area contributed by atoms with E-state index in [1.165, 1.54) is 24.0 Å². The number of ether oxygens (including phenoxy) is 1. The summed E-state index contributed by atoms with van der Waals surface area (Å²) < 4.78 is 4.66. The van der Waals surface area contributed by atoms with Gasteiger partial charge in [-0.3, -0.25) is 0 Å². The molecule has 0 fully saturated rings. The lowest BCUT2D eigenvalue weighted by molar-refractivity contribution is 0.0607. The lowest BCUT2D eigenvalue weighted by Gasteiger charge is -2.02. The van der Waals surface area contributed by atoms with Gasteiger partial charge in [-0.25, -0.2) is 4.79 Å². The van der Waals surface area contributed by atoms with Gasteiger partial charge in [0.25, 0.3) is 0 Å². The molecule has 0 amide bonds. The minimum absolute atomic E-state index is 0.398. The molecule has 94 valence electrons. The van der Waals surface area contributed by atoms with Crippen LogP contribution in [0.5, 0.6) is 0 Å². The average molecular weight is 262 g/mol. The predicted octanol–water partition coefficient (Wildman–Crippen LogP) is 2.73. The average Bonchev–Trinajstić information content (AvgIpc) is 2.78. The first-order chi connectivity index (χ1) is 8.70. The van der Waals surface area contributed by atoms with Crippen molar-refractivity contribution >= 4 is 28.0 Å². The maximum atomic E-state index is 11.4. The number of nitrogens with two attached hydrogens (primary N) is 1. The number of methoxy groups -OCH3 is 1. The van der Waals surface area contributed by atoms with Crippen LogP contribution in [0.1, 0.15) is 15.2 Å². The minimum atomic E-state index is -0.398. The molecule has 0 bridgehead atoms. The molecule has 18 heavy (non-hydrogen) atoms. The highest BCUT2D eigenvalue weighted by atomic mass is 32.1. The molecule has 3 N–H and O–H groups in total. The fraction of sp³-hybridized carbons (Fsp3) is 0.154. The highest BCUT2D eigenvalue weighted by Crippen LogP contribution is 2.29. The van der Waals surface area contributed by atoms with Crippen LogP contribution in [-0.4, -0.2) is 13.1 Å². The standard InChI is InChI=1S/C13H14N2O2S/c1-17-13(16)12-10(14)7-11(18-12)15-8-9-5-3-2-4-6-9/h2-7,15H,8,14H2,1H3. The Morgan fingerprint density at radius 3 is 2.78 bits per heavy atom. The SMILES string of the molecule is COC(=O)c1sc(NCc2ccccc2)cc1N. The molecule has 0 unspecified atom stereocenters. The number of anilines is 2. The number of thiophene rings is 1. The van der Waals surface area contributed by atoms with E-state index in [4.69, 9.17) is 5.73 Å². The molecular formula is C13H14N2O2S. The van der Waals surface area contributed by atoms with Crippen molar-refractivity contribution in [2.75, 3.05) is 18.2 Å². The maximum absolute atomic E-state index is 11.4. The summed E-state index contributed by atoms with van der Waals surface area (Å²) in [6.45, 7) is 0.696. The first-order valence-electron chi connectivity index (χ1n) is 5.46. The summed E-state index contributed by atoms with van der Waals surface area (Å²) in [5, 5.41) is 4.09. The van der Waals surface area contributed by atoms with Crippen LogP contribution >= 0.6 is 11.3 Å². The van der Waals surface area contributed by atoms with Crippen LogP contribution in [-0.2, 0) is 11.3 Å². The van der Waals surface area contributed by atoms with E-state index in [1.54, 1.807) is 6.07 Å². The van der Waals surface area contributed by atoms with Gasteiger partial charge in [0.1, 0.15) is 4.88 Å². The zero-order valence-electron chi connectivity index (χ0n) is 9.97. The molecule has 0 aliphatic rings. The number of rotatable bonds is 4. The van der Waals surface area contributed by atoms with Gasteiger partial charge < -0.3 is 15.8 Å². The van der Waals surface area contributed by atoms with Crippen LogP contribution < -0.4 is 11.1 Å². The van der Waals surface area contributed by atoms with Crippen LogP contribution in [0.15, 0.2) is 36.4 Å². The molecule has 0 aliphatic heterocycles. The minimum Gasteiger partial charge on any atom is -0.465 e. The van der Waals surface area contributed by atoms with Crippen molar-refractivity contribution in [1.29, 1.82) is 0 Å². The number of hydrogen-bond donors (Lipinski definition) is 2. The third kappa shape index (κ3) is 2.81. The molecular weight excluding hydrogens is 248 g/mol. The molecule has 0 saturated carbocycles. The van der Waals surface area contributed by atoms with E-state index in [0.29, 0.717) is 17.1 Å². The van der Waals surface area contributed by atoms with Gasteiger partial charge in [0, 0.05) is 6.54 Å². The van der Waals surface area contributed by atoms with Gasteiger partial charge >= 0.3 is 5.97 Å². The maximum Gasteiger partial charge on any atom is 0.350 e. The summed E-state index contributed by atoms with van der Waals surface area (Å²) in [6.07, 6.45) is 0. The van der Waals surface area contributed by atoms with Crippen LogP contribution in [0.25, 0.3) is 0 Å². The Morgan fingerprint density at radius 2 is 2.11 bits per heavy atom. The molecule has 0 saturated heterocycles. The Labute approximate surface area is 109 Å². The van der Waals surface area contributed by atoms with E-state index in [2.05, 4.69) is 10.1 Å². The van der Waals surface area contributed by atoms with Crippen molar-refractivity contribution in [2.24, 2.45) is 0 Å². The van der Waals surface area contributed by atoms with Crippen molar-refractivity contribution in [1.82, 2.24) is 0 Å². The van der Waals surface area contributed by atoms with E-state index in [1.807, 2.05) is 30.3 Å². The second-order valence-corrected chi connectivity index (χ2v) is 4.78. The van der Waals surface area contributed by atoms with Gasteiger partial charge in [-0.2, -0.15) is 0 Å². The van der Waals surface area contributed by atoms with E-state index >= 15 is 0 Å². The topological polar surface area (TPSA) is 64.3 Å². The van der Waals surface area contributed by atoms with Crippen molar-refractivity contribution in [3.63, 3.8) is 0 Å². The first-order valence-corrected chi connectivity index (χ1v) is 6.28. The van der Waals surface area contributed by atoms with E-state index in [0.717, 1.165) is 5.00 Å². The fourth-order valence-corrected chi connectivity index (χ4v) is 2.42. The van der Waals surface area contributed by atoms with Gasteiger partial charge in [-0.15, -0.1) is 11.3 Å². The Morgan fingerprint density at radius 1 is 1.39 bits per heavy atom. The molecule has 0 spiro atoms. The van der Waals surface area contributed by atoms with Crippen LogP contribution in [0.4, 0.5) is 10.7 Å². The molecule has 1 aromatic carbocycles. The highest BCUT2D eigenvalue weighted by molar-refractivity contribution is 7.18. The highest BCUT2D eigenvalue weighted by Gasteiger charge is 2.14. The summed E-state index contributed by atoms with van der Waals surface area (Å²) in [4.78, 5) is 11.8. The number of hydrogen-bond acceptors (Lipinski definition) is 5. The molecule has 0 aliphatic carbocycles. The Hall–Kier alpha value is -2.01. The third-order valence-electron chi connectivity index (χ3n) is 2.44. The molecule has 5 heteroatoms. The number of benzene rings is 1. The summed E-state index contributed by atoms with van der Waals surface area (Å²) in [7, 11) is 1.35.